The topological polar surface area (TPSA) is 36.5 Å². The predicted octanol–water partition coefficient (Wildman–Crippen LogP) is 5.31. The zero-order valence-electron chi connectivity index (χ0n) is 15.1. The summed E-state index contributed by atoms with van der Waals surface area (Å²) in [5, 5.41) is 6.60. The smallest absolute Gasteiger partial charge is 0.378 e. The van der Waals surface area contributed by atoms with Crippen molar-refractivity contribution in [2.45, 2.75) is 13.1 Å². The Morgan fingerprint density at radius 3 is 2.46 bits per heavy atom. The summed E-state index contributed by atoms with van der Waals surface area (Å²) in [6.07, 6.45) is -4.44. The van der Waals surface area contributed by atoms with Crippen molar-refractivity contribution in [3.63, 3.8) is 0 Å². The molecule has 0 amide bonds. The second-order valence-electron chi connectivity index (χ2n) is 6.37. The lowest BCUT2D eigenvalue weighted by atomic mass is 10.1. The summed E-state index contributed by atoms with van der Waals surface area (Å²) in [7, 11) is 0. The number of anilines is 3. The van der Waals surface area contributed by atoms with Crippen molar-refractivity contribution in [1.29, 1.82) is 0 Å². The lowest BCUT2D eigenvalue weighted by molar-refractivity contribution is -0.137. The van der Waals surface area contributed by atoms with Crippen LogP contribution in [0.2, 0.25) is 5.02 Å². The fourth-order valence-corrected chi connectivity index (χ4v) is 3.26. The van der Waals surface area contributed by atoms with Crippen LogP contribution >= 0.6 is 23.8 Å². The number of rotatable bonds is 3. The summed E-state index contributed by atoms with van der Waals surface area (Å²) in [5.41, 5.74) is 1.74. The molecule has 3 rings (SSSR count). The number of alkyl halides is 3. The van der Waals surface area contributed by atoms with E-state index < -0.39 is 11.7 Å². The first kappa shape index (κ1) is 20.7. The van der Waals surface area contributed by atoms with Crippen molar-refractivity contribution in [1.82, 2.24) is 0 Å². The summed E-state index contributed by atoms with van der Waals surface area (Å²) in [5.74, 6) is 0. The van der Waals surface area contributed by atoms with Crippen molar-refractivity contribution in [3.05, 3.63) is 52.5 Å². The van der Waals surface area contributed by atoms with E-state index in [2.05, 4.69) is 10.6 Å². The fraction of sp³-hybridized carbons (Fsp3) is 0.316. The molecule has 28 heavy (non-hydrogen) atoms. The maximum Gasteiger partial charge on any atom is 0.416 e. The maximum atomic E-state index is 13.2. The summed E-state index contributed by atoms with van der Waals surface area (Å²) < 4.78 is 44.9. The van der Waals surface area contributed by atoms with Crippen LogP contribution in [0.3, 0.4) is 0 Å². The molecule has 0 spiro atoms. The van der Waals surface area contributed by atoms with Crippen LogP contribution < -0.4 is 15.5 Å². The third-order valence-electron chi connectivity index (χ3n) is 4.35. The number of aryl methyl sites for hydroxylation is 1. The van der Waals surface area contributed by atoms with Crippen LogP contribution in [-0.2, 0) is 10.9 Å². The van der Waals surface area contributed by atoms with E-state index in [4.69, 9.17) is 28.6 Å². The number of morpholine rings is 1. The quantitative estimate of drug-likeness (QED) is 0.646. The highest BCUT2D eigenvalue weighted by atomic mass is 35.5. The van der Waals surface area contributed by atoms with Gasteiger partial charge in [-0.1, -0.05) is 17.7 Å². The van der Waals surface area contributed by atoms with Gasteiger partial charge >= 0.3 is 6.18 Å². The van der Waals surface area contributed by atoms with Gasteiger partial charge < -0.3 is 20.3 Å². The van der Waals surface area contributed by atoms with E-state index in [1.807, 2.05) is 17.9 Å². The molecule has 0 unspecified atom stereocenters. The molecule has 0 radical (unpaired) electrons. The van der Waals surface area contributed by atoms with E-state index in [0.717, 1.165) is 17.7 Å². The third-order valence-corrected chi connectivity index (χ3v) is 4.96. The Labute approximate surface area is 171 Å². The molecule has 1 aliphatic heterocycles. The summed E-state index contributed by atoms with van der Waals surface area (Å²) in [4.78, 5) is 1.97. The summed E-state index contributed by atoms with van der Waals surface area (Å²) in [6, 6.07) is 8.94. The highest BCUT2D eigenvalue weighted by Crippen LogP contribution is 2.36. The van der Waals surface area contributed by atoms with Crippen molar-refractivity contribution < 1.29 is 17.9 Å². The molecule has 1 heterocycles. The van der Waals surface area contributed by atoms with Gasteiger partial charge in [-0.2, -0.15) is 13.2 Å². The highest BCUT2D eigenvalue weighted by molar-refractivity contribution is 7.80. The number of hydrogen-bond donors (Lipinski definition) is 2. The summed E-state index contributed by atoms with van der Waals surface area (Å²) in [6.45, 7) is 4.09. The lowest BCUT2D eigenvalue weighted by Crippen LogP contribution is -2.37. The van der Waals surface area contributed by atoms with Crippen molar-refractivity contribution in [3.8, 4) is 0 Å². The first-order valence-corrected chi connectivity index (χ1v) is 9.41. The van der Waals surface area contributed by atoms with Gasteiger partial charge in [-0.15, -0.1) is 0 Å². The normalized spacial score (nSPS) is 14.7. The molecule has 1 fully saturated rings. The lowest BCUT2D eigenvalue weighted by Gasteiger charge is -2.31. The average molecular weight is 430 g/mol. The van der Waals surface area contributed by atoms with Crippen molar-refractivity contribution >= 4 is 46.0 Å². The Morgan fingerprint density at radius 1 is 1.11 bits per heavy atom. The Kier molecular flexibility index (Phi) is 6.32. The molecule has 150 valence electrons. The zero-order valence-corrected chi connectivity index (χ0v) is 16.6. The molecule has 2 N–H and O–H groups in total. The van der Waals surface area contributed by atoms with Crippen LogP contribution in [0.25, 0.3) is 0 Å². The SMILES string of the molecule is Cc1ccc(NC(=S)Nc2cc(C(F)(F)F)ccc2N2CCOCC2)cc1Cl. The minimum atomic E-state index is -4.44. The Hall–Kier alpha value is -2.03. The van der Waals surface area contributed by atoms with E-state index in [-0.39, 0.29) is 10.8 Å². The van der Waals surface area contributed by atoms with Crippen molar-refractivity contribution in [2.75, 3.05) is 41.8 Å². The van der Waals surface area contributed by atoms with E-state index >= 15 is 0 Å². The molecular formula is C19H19ClF3N3OS. The average Bonchev–Trinajstić information content (AvgIpc) is 2.64. The van der Waals surface area contributed by atoms with E-state index in [9.17, 15) is 13.2 Å². The maximum absolute atomic E-state index is 13.2. The predicted molar refractivity (Wildman–Crippen MR) is 111 cm³/mol. The minimum Gasteiger partial charge on any atom is -0.378 e. The van der Waals surface area contributed by atoms with Crippen LogP contribution in [0.5, 0.6) is 0 Å². The Balaban J connectivity index is 1.84. The van der Waals surface area contributed by atoms with Crippen LogP contribution in [0.15, 0.2) is 36.4 Å². The second-order valence-corrected chi connectivity index (χ2v) is 7.19. The molecule has 4 nitrogen and oxygen atoms in total. The Bertz CT molecular complexity index is 870. The molecule has 1 saturated heterocycles. The van der Waals surface area contributed by atoms with Gasteiger partial charge in [0.2, 0.25) is 0 Å². The van der Waals surface area contributed by atoms with E-state index in [0.29, 0.717) is 42.7 Å². The first-order chi connectivity index (χ1) is 13.2. The fourth-order valence-electron chi connectivity index (χ4n) is 2.85. The number of nitrogens with one attached hydrogen (secondary N) is 2. The van der Waals surface area contributed by atoms with E-state index in [1.165, 1.54) is 6.07 Å². The van der Waals surface area contributed by atoms with Crippen LogP contribution in [0.4, 0.5) is 30.2 Å². The first-order valence-electron chi connectivity index (χ1n) is 8.62. The van der Waals surface area contributed by atoms with Crippen molar-refractivity contribution in [2.24, 2.45) is 0 Å². The highest BCUT2D eigenvalue weighted by Gasteiger charge is 2.31. The van der Waals surface area contributed by atoms with Crippen LogP contribution in [0, 0.1) is 6.92 Å². The van der Waals surface area contributed by atoms with Crippen LogP contribution in [0.1, 0.15) is 11.1 Å². The number of halogens is 4. The molecule has 0 aliphatic carbocycles. The van der Waals surface area contributed by atoms with Gasteiger partial charge in [0.05, 0.1) is 30.2 Å². The Morgan fingerprint density at radius 2 is 1.82 bits per heavy atom. The zero-order chi connectivity index (χ0) is 20.3. The van der Waals surface area contributed by atoms with Gasteiger partial charge in [0, 0.05) is 23.8 Å². The number of hydrogen-bond acceptors (Lipinski definition) is 3. The number of ether oxygens (including phenoxy) is 1. The molecule has 9 heteroatoms. The van der Waals surface area contributed by atoms with Gasteiger partial charge in [0.1, 0.15) is 0 Å². The molecule has 0 atom stereocenters. The number of benzene rings is 2. The number of nitrogens with zero attached hydrogens (tertiary/aromatic N) is 1. The molecule has 1 aliphatic rings. The minimum absolute atomic E-state index is 0.175. The molecule has 0 aromatic heterocycles. The van der Waals surface area contributed by atoms with E-state index in [1.54, 1.807) is 12.1 Å². The van der Waals surface area contributed by atoms with Crippen LogP contribution in [-0.4, -0.2) is 31.4 Å². The summed E-state index contributed by atoms with van der Waals surface area (Å²) >= 11 is 11.4. The molecule has 0 saturated carbocycles. The number of thiocarbonyl (C=S) groups is 1. The second kappa shape index (κ2) is 8.55. The monoisotopic (exact) mass is 429 g/mol. The molecule has 2 aromatic carbocycles. The molecule has 0 bridgehead atoms. The van der Waals surface area contributed by atoms with Gasteiger partial charge in [-0.05, 0) is 55.0 Å². The molecule has 2 aromatic rings. The van der Waals surface area contributed by atoms with Gasteiger partial charge in [-0.3, -0.25) is 0 Å². The van der Waals surface area contributed by atoms with Gasteiger partial charge in [0.25, 0.3) is 0 Å². The van der Waals surface area contributed by atoms with Gasteiger partial charge in [0.15, 0.2) is 5.11 Å². The standard InChI is InChI=1S/C19H19ClF3N3OS/c1-12-2-4-14(11-15(12)20)24-18(28)25-16-10-13(19(21,22)23)3-5-17(16)26-6-8-27-9-7-26/h2-5,10-11H,6-9H2,1H3,(H2,24,25,28). The third kappa shape index (κ3) is 5.06. The largest absolute Gasteiger partial charge is 0.416 e. The molecular weight excluding hydrogens is 411 g/mol. The van der Waals surface area contributed by atoms with Gasteiger partial charge in [-0.25, -0.2) is 0 Å².